The Morgan fingerprint density at radius 3 is 3.00 bits per heavy atom. The van der Waals surface area contributed by atoms with E-state index in [0.717, 1.165) is 36.2 Å². The Hall–Kier alpha value is -1.40. The minimum absolute atomic E-state index is 0.0125. The molecule has 3 heterocycles. The number of carboxylic acid groups (broad SMARTS) is 1. The van der Waals surface area contributed by atoms with Crippen LogP contribution in [0.4, 0.5) is 0 Å². The van der Waals surface area contributed by atoms with Gasteiger partial charge in [0.25, 0.3) is 0 Å². The molecule has 2 N–H and O–H groups in total. The highest BCUT2D eigenvalue weighted by Crippen LogP contribution is 2.34. The summed E-state index contributed by atoms with van der Waals surface area (Å²) in [6.07, 6.45) is 2.60. The van der Waals surface area contributed by atoms with Crippen LogP contribution in [0.5, 0.6) is 0 Å². The standard InChI is InChI=1S/C14H18N2O3S/c17-13(9-2-1-5-15-8-9)16-6-3-11-10(4-7-20-11)12(16)14(18)19/h4,7,9,12,15H,1-3,5-6,8H2,(H,18,19)/t9-,12?/m1/s1. The average molecular weight is 294 g/mol. The van der Waals surface area contributed by atoms with Crippen molar-refractivity contribution < 1.29 is 14.7 Å². The molecular weight excluding hydrogens is 276 g/mol. The predicted octanol–water partition coefficient (Wildman–Crippen LogP) is 1.26. The molecule has 108 valence electrons. The molecule has 2 aliphatic rings. The molecule has 20 heavy (non-hydrogen) atoms. The first kappa shape index (κ1) is 13.6. The first-order chi connectivity index (χ1) is 9.68. The van der Waals surface area contributed by atoms with Gasteiger partial charge in [-0.1, -0.05) is 0 Å². The molecule has 2 aliphatic heterocycles. The number of carbonyl (C=O) groups excluding carboxylic acids is 1. The fourth-order valence-electron chi connectivity index (χ4n) is 3.12. The number of rotatable bonds is 2. The van der Waals surface area contributed by atoms with Crippen LogP contribution in [0.1, 0.15) is 29.3 Å². The minimum atomic E-state index is -0.929. The van der Waals surface area contributed by atoms with E-state index in [-0.39, 0.29) is 11.8 Å². The number of nitrogens with zero attached hydrogens (tertiary/aromatic N) is 1. The van der Waals surface area contributed by atoms with E-state index in [1.807, 2.05) is 11.4 Å². The minimum Gasteiger partial charge on any atom is -0.479 e. The summed E-state index contributed by atoms with van der Waals surface area (Å²) in [5, 5.41) is 14.6. The third-order valence-corrected chi connectivity index (χ3v) is 5.13. The van der Waals surface area contributed by atoms with Crippen molar-refractivity contribution in [3.63, 3.8) is 0 Å². The molecule has 1 aromatic heterocycles. The van der Waals surface area contributed by atoms with Crippen LogP contribution in [0.2, 0.25) is 0 Å². The molecule has 2 atom stereocenters. The van der Waals surface area contributed by atoms with E-state index >= 15 is 0 Å². The van der Waals surface area contributed by atoms with Crippen LogP contribution in [-0.4, -0.2) is 41.5 Å². The number of aliphatic carboxylic acids is 1. The van der Waals surface area contributed by atoms with Gasteiger partial charge in [0.15, 0.2) is 6.04 Å². The topological polar surface area (TPSA) is 69.6 Å². The first-order valence-corrected chi connectivity index (χ1v) is 7.86. The molecule has 1 aromatic rings. The number of hydrogen-bond acceptors (Lipinski definition) is 4. The summed E-state index contributed by atoms with van der Waals surface area (Å²) in [6.45, 7) is 2.12. The van der Waals surface area contributed by atoms with E-state index in [9.17, 15) is 14.7 Å². The van der Waals surface area contributed by atoms with Gasteiger partial charge in [0, 0.05) is 18.0 Å². The van der Waals surface area contributed by atoms with E-state index in [1.54, 1.807) is 16.2 Å². The largest absolute Gasteiger partial charge is 0.479 e. The Morgan fingerprint density at radius 1 is 1.45 bits per heavy atom. The number of fused-ring (bicyclic) bond motifs is 1. The average Bonchev–Trinajstić information content (AvgIpc) is 2.94. The van der Waals surface area contributed by atoms with Crippen LogP contribution in [0.15, 0.2) is 11.4 Å². The lowest BCUT2D eigenvalue weighted by molar-refractivity contribution is -0.153. The maximum Gasteiger partial charge on any atom is 0.331 e. The molecular formula is C14H18N2O3S. The molecule has 0 aromatic carbocycles. The van der Waals surface area contributed by atoms with Gasteiger partial charge in [-0.3, -0.25) is 4.79 Å². The molecule has 1 unspecified atom stereocenters. The summed E-state index contributed by atoms with van der Waals surface area (Å²) in [4.78, 5) is 26.9. The van der Waals surface area contributed by atoms with Crippen molar-refractivity contribution >= 4 is 23.2 Å². The van der Waals surface area contributed by atoms with Crippen LogP contribution >= 0.6 is 11.3 Å². The van der Waals surface area contributed by atoms with Crippen molar-refractivity contribution in [1.82, 2.24) is 10.2 Å². The van der Waals surface area contributed by atoms with Gasteiger partial charge >= 0.3 is 5.97 Å². The van der Waals surface area contributed by atoms with Crippen LogP contribution in [0.3, 0.4) is 0 Å². The van der Waals surface area contributed by atoms with E-state index in [1.165, 1.54) is 0 Å². The van der Waals surface area contributed by atoms with Gasteiger partial charge in [0.2, 0.25) is 5.91 Å². The quantitative estimate of drug-likeness (QED) is 0.861. The van der Waals surface area contributed by atoms with Gasteiger partial charge in [-0.05, 0) is 42.8 Å². The van der Waals surface area contributed by atoms with Crippen molar-refractivity contribution in [2.24, 2.45) is 5.92 Å². The number of carbonyl (C=O) groups is 2. The highest BCUT2D eigenvalue weighted by molar-refractivity contribution is 7.10. The number of thiophene rings is 1. The fraction of sp³-hybridized carbons (Fsp3) is 0.571. The maximum atomic E-state index is 12.6. The number of piperidine rings is 1. The summed E-state index contributed by atoms with van der Waals surface area (Å²) in [5.41, 5.74) is 0.797. The highest BCUT2D eigenvalue weighted by atomic mass is 32.1. The Morgan fingerprint density at radius 2 is 2.30 bits per heavy atom. The zero-order valence-corrected chi connectivity index (χ0v) is 12.0. The van der Waals surface area contributed by atoms with E-state index < -0.39 is 12.0 Å². The molecule has 0 spiro atoms. The second-order valence-electron chi connectivity index (χ2n) is 5.36. The van der Waals surface area contributed by atoms with Crippen molar-refractivity contribution in [1.29, 1.82) is 0 Å². The molecule has 1 fully saturated rings. The van der Waals surface area contributed by atoms with E-state index in [2.05, 4.69) is 5.32 Å². The van der Waals surface area contributed by atoms with Crippen LogP contribution in [0, 0.1) is 5.92 Å². The molecule has 1 saturated heterocycles. The molecule has 1 amide bonds. The highest BCUT2D eigenvalue weighted by Gasteiger charge is 2.39. The Balaban J connectivity index is 1.85. The molecule has 6 heteroatoms. The second-order valence-corrected chi connectivity index (χ2v) is 6.37. The van der Waals surface area contributed by atoms with Crippen molar-refractivity contribution in [2.75, 3.05) is 19.6 Å². The molecule has 5 nitrogen and oxygen atoms in total. The third kappa shape index (κ3) is 2.33. The zero-order valence-electron chi connectivity index (χ0n) is 11.2. The number of carboxylic acids is 1. The maximum absolute atomic E-state index is 12.6. The van der Waals surface area contributed by atoms with Gasteiger partial charge in [0.1, 0.15) is 0 Å². The van der Waals surface area contributed by atoms with Crippen molar-refractivity contribution in [2.45, 2.75) is 25.3 Å². The lowest BCUT2D eigenvalue weighted by Gasteiger charge is -2.36. The lowest BCUT2D eigenvalue weighted by Crippen LogP contribution is -2.48. The second kappa shape index (κ2) is 5.54. The Labute approximate surface area is 121 Å². The van der Waals surface area contributed by atoms with E-state index in [4.69, 9.17) is 0 Å². The number of amides is 1. The summed E-state index contributed by atoms with van der Waals surface area (Å²) in [6, 6.07) is 1.04. The summed E-state index contributed by atoms with van der Waals surface area (Å²) >= 11 is 1.58. The van der Waals surface area contributed by atoms with E-state index in [0.29, 0.717) is 13.1 Å². The Kier molecular flexibility index (Phi) is 3.76. The molecule has 0 saturated carbocycles. The molecule has 0 radical (unpaired) electrons. The molecule has 0 bridgehead atoms. The monoisotopic (exact) mass is 294 g/mol. The SMILES string of the molecule is O=C(O)C1c2ccsc2CCN1C(=O)[C@@H]1CCCNC1. The van der Waals surface area contributed by atoms with Gasteiger partial charge in [-0.15, -0.1) is 11.3 Å². The fourth-order valence-corrected chi connectivity index (χ4v) is 4.02. The molecule has 0 aliphatic carbocycles. The zero-order chi connectivity index (χ0) is 14.1. The summed E-state index contributed by atoms with van der Waals surface area (Å²) < 4.78 is 0. The number of hydrogen-bond donors (Lipinski definition) is 2. The summed E-state index contributed by atoms with van der Waals surface area (Å²) in [7, 11) is 0. The van der Waals surface area contributed by atoms with Gasteiger partial charge in [-0.2, -0.15) is 0 Å². The predicted molar refractivity (Wildman–Crippen MR) is 75.7 cm³/mol. The third-order valence-electron chi connectivity index (χ3n) is 4.13. The van der Waals surface area contributed by atoms with Crippen molar-refractivity contribution in [3.05, 3.63) is 21.9 Å². The Bertz CT molecular complexity index is 522. The van der Waals surface area contributed by atoms with Gasteiger partial charge in [0.05, 0.1) is 5.92 Å². The summed E-state index contributed by atoms with van der Waals surface area (Å²) in [5.74, 6) is -1.02. The lowest BCUT2D eigenvalue weighted by atomic mass is 9.94. The van der Waals surface area contributed by atoms with Crippen LogP contribution < -0.4 is 5.32 Å². The first-order valence-electron chi connectivity index (χ1n) is 6.98. The number of nitrogens with one attached hydrogen (secondary N) is 1. The van der Waals surface area contributed by atoms with Crippen molar-refractivity contribution in [3.8, 4) is 0 Å². The van der Waals surface area contributed by atoms with Gasteiger partial charge < -0.3 is 15.3 Å². The molecule has 3 rings (SSSR count). The van der Waals surface area contributed by atoms with Crippen LogP contribution in [0.25, 0.3) is 0 Å². The van der Waals surface area contributed by atoms with Gasteiger partial charge in [-0.25, -0.2) is 4.79 Å². The normalized spacial score (nSPS) is 26.1. The smallest absolute Gasteiger partial charge is 0.331 e. The van der Waals surface area contributed by atoms with Crippen LogP contribution in [-0.2, 0) is 16.0 Å².